The molecule has 1 aliphatic heterocycles. The van der Waals surface area contributed by atoms with E-state index in [4.69, 9.17) is 9.47 Å². The molecule has 0 amide bonds. The third kappa shape index (κ3) is 3.96. The van der Waals surface area contributed by atoms with Gasteiger partial charge in [-0.2, -0.15) is 0 Å². The third-order valence-corrected chi connectivity index (χ3v) is 4.05. The van der Waals surface area contributed by atoms with Crippen LogP contribution in [0.4, 0.5) is 5.69 Å². The minimum absolute atomic E-state index is 0.232. The molecule has 4 heteroatoms. The summed E-state index contributed by atoms with van der Waals surface area (Å²) in [4.78, 5) is 0. The number of ether oxygens (including phenoxy) is 2. The molecule has 1 unspecified atom stereocenters. The van der Waals surface area contributed by atoms with Crippen LogP contribution in [0.2, 0.25) is 0 Å². The minimum Gasteiger partial charge on any atom is -0.496 e. The van der Waals surface area contributed by atoms with Gasteiger partial charge in [-0.1, -0.05) is 24.3 Å². The lowest BCUT2D eigenvalue weighted by Gasteiger charge is -2.25. The molecular formula is C19H24N2O2. The van der Waals surface area contributed by atoms with Crippen LogP contribution >= 0.6 is 0 Å². The predicted octanol–water partition coefficient (Wildman–Crippen LogP) is 3.22. The maximum Gasteiger partial charge on any atom is 0.142 e. The van der Waals surface area contributed by atoms with E-state index in [-0.39, 0.29) is 6.10 Å². The molecule has 0 aliphatic carbocycles. The van der Waals surface area contributed by atoms with Gasteiger partial charge in [-0.05, 0) is 43.7 Å². The molecule has 3 rings (SSSR count). The van der Waals surface area contributed by atoms with E-state index in [1.165, 1.54) is 11.1 Å². The number of hydrogen-bond acceptors (Lipinski definition) is 4. The van der Waals surface area contributed by atoms with Crippen LogP contribution < -0.4 is 20.1 Å². The van der Waals surface area contributed by atoms with E-state index in [1.54, 1.807) is 7.11 Å². The molecular weight excluding hydrogens is 288 g/mol. The van der Waals surface area contributed by atoms with Crippen LogP contribution in [0.3, 0.4) is 0 Å². The quantitative estimate of drug-likeness (QED) is 0.804. The summed E-state index contributed by atoms with van der Waals surface area (Å²) in [5, 5.41) is 6.90. The van der Waals surface area contributed by atoms with Crippen LogP contribution in [0, 0.1) is 0 Å². The number of rotatable bonds is 6. The Morgan fingerprint density at radius 3 is 3.00 bits per heavy atom. The molecule has 2 aromatic carbocycles. The molecule has 0 aromatic heterocycles. The topological polar surface area (TPSA) is 42.5 Å². The Bertz CT molecular complexity index is 658. The van der Waals surface area contributed by atoms with Crippen molar-refractivity contribution in [2.45, 2.75) is 26.0 Å². The maximum atomic E-state index is 5.80. The monoisotopic (exact) mass is 312 g/mol. The molecule has 1 heterocycles. The van der Waals surface area contributed by atoms with Gasteiger partial charge in [0.15, 0.2) is 0 Å². The summed E-state index contributed by atoms with van der Waals surface area (Å²) in [5.74, 6) is 1.89. The normalized spacial score (nSPS) is 16.2. The zero-order valence-corrected chi connectivity index (χ0v) is 13.8. The Kier molecular flexibility index (Phi) is 5.03. The highest BCUT2D eigenvalue weighted by Crippen LogP contribution is 2.29. The van der Waals surface area contributed by atoms with Gasteiger partial charge in [0.2, 0.25) is 0 Å². The summed E-state index contributed by atoms with van der Waals surface area (Å²) in [5.41, 5.74) is 3.59. The van der Waals surface area contributed by atoms with E-state index in [2.05, 4.69) is 41.8 Å². The van der Waals surface area contributed by atoms with E-state index in [9.17, 15) is 0 Å². The van der Waals surface area contributed by atoms with Crippen LogP contribution in [0.25, 0.3) is 0 Å². The summed E-state index contributed by atoms with van der Waals surface area (Å²) in [7, 11) is 1.71. The largest absolute Gasteiger partial charge is 0.496 e. The summed E-state index contributed by atoms with van der Waals surface area (Å²) >= 11 is 0. The molecule has 0 saturated carbocycles. The van der Waals surface area contributed by atoms with Crippen molar-refractivity contribution in [3.63, 3.8) is 0 Å². The Hall–Kier alpha value is -2.20. The number of para-hydroxylation sites is 1. The van der Waals surface area contributed by atoms with Gasteiger partial charge >= 0.3 is 0 Å². The van der Waals surface area contributed by atoms with E-state index in [1.807, 2.05) is 18.2 Å². The average Bonchev–Trinajstić information content (AvgIpc) is 2.59. The number of methoxy groups -OCH3 is 1. The molecule has 1 atom stereocenters. The second kappa shape index (κ2) is 7.38. The highest BCUT2D eigenvalue weighted by atomic mass is 16.5. The van der Waals surface area contributed by atoms with E-state index in [0.717, 1.165) is 43.2 Å². The third-order valence-electron chi connectivity index (χ3n) is 4.05. The number of fused-ring (bicyclic) bond motifs is 1. The van der Waals surface area contributed by atoms with Crippen molar-refractivity contribution in [2.24, 2.45) is 0 Å². The number of anilines is 1. The van der Waals surface area contributed by atoms with Gasteiger partial charge in [-0.3, -0.25) is 0 Å². The Balaban J connectivity index is 1.51. The first-order chi connectivity index (χ1) is 11.3. The molecule has 23 heavy (non-hydrogen) atoms. The summed E-state index contributed by atoms with van der Waals surface area (Å²) < 4.78 is 11.2. The molecule has 0 spiro atoms. The minimum atomic E-state index is 0.232. The van der Waals surface area contributed by atoms with Gasteiger partial charge in [-0.25, -0.2) is 0 Å². The van der Waals surface area contributed by atoms with Crippen molar-refractivity contribution in [1.82, 2.24) is 5.32 Å². The van der Waals surface area contributed by atoms with Crippen LogP contribution in [0.5, 0.6) is 11.5 Å². The second-order valence-corrected chi connectivity index (χ2v) is 5.88. The highest BCUT2D eigenvalue weighted by molar-refractivity contribution is 5.59. The number of hydrogen-bond donors (Lipinski definition) is 2. The van der Waals surface area contributed by atoms with Crippen molar-refractivity contribution in [1.29, 1.82) is 0 Å². The first-order valence-corrected chi connectivity index (χ1v) is 8.12. The summed E-state index contributed by atoms with van der Waals surface area (Å²) in [6.45, 7) is 4.68. The lowest BCUT2D eigenvalue weighted by atomic mass is 10.1. The van der Waals surface area contributed by atoms with Crippen molar-refractivity contribution in [3.8, 4) is 11.5 Å². The van der Waals surface area contributed by atoms with E-state index >= 15 is 0 Å². The van der Waals surface area contributed by atoms with Gasteiger partial charge in [-0.15, -0.1) is 0 Å². The van der Waals surface area contributed by atoms with Crippen LogP contribution in [-0.4, -0.2) is 26.3 Å². The van der Waals surface area contributed by atoms with Crippen LogP contribution in [-0.2, 0) is 13.0 Å². The Morgan fingerprint density at radius 1 is 1.26 bits per heavy atom. The first kappa shape index (κ1) is 15.7. The van der Waals surface area contributed by atoms with Crippen LogP contribution in [0.1, 0.15) is 18.1 Å². The molecule has 122 valence electrons. The van der Waals surface area contributed by atoms with Crippen molar-refractivity contribution >= 4 is 5.69 Å². The van der Waals surface area contributed by atoms with Gasteiger partial charge in [0, 0.05) is 12.1 Å². The molecule has 4 nitrogen and oxygen atoms in total. The van der Waals surface area contributed by atoms with Crippen molar-refractivity contribution in [3.05, 3.63) is 53.6 Å². The smallest absolute Gasteiger partial charge is 0.142 e. The lowest BCUT2D eigenvalue weighted by molar-refractivity contribution is 0.226. The molecule has 0 radical (unpaired) electrons. The Morgan fingerprint density at radius 2 is 2.13 bits per heavy atom. The number of nitrogens with one attached hydrogen (secondary N) is 2. The molecule has 2 aromatic rings. The van der Waals surface area contributed by atoms with E-state index in [0.29, 0.717) is 0 Å². The van der Waals surface area contributed by atoms with Crippen LogP contribution in [0.15, 0.2) is 42.5 Å². The lowest BCUT2D eigenvalue weighted by Crippen LogP contribution is -2.27. The molecule has 1 aliphatic rings. The van der Waals surface area contributed by atoms with Gasteiger partial charge in [0.05, 0.1) is 19.3 Å². The highest BCUT2D eigenvalue weighted by Gasteiger charge is 2.15. The fourth-order valence-corrected chi connectivity index (χ4v) is 2.79. The first-order valence-electron chi connectivity index (χ1n) is 8.12. The SMILES string of the molecule is COc1ccccc1CNCCc1ccc2c(c1)NCC(C)O2. The zero-order chi connectivity index (χ0) is 16.1. The van der Waals surface area contributed by atoms with E-state index < -0.39 is 0 Å². The molecule has 0 saturated heterocycles. The summed E-state index contributed by atoms with van der Waals surface area (Å²) in [6.07, 6.45) is 1.22. The van der Waals surface area contributed by atoms with Crippen molar-refractivity contribution < 1.29 is 9.47 Å². The molecule has 0 fully saturated rings. The molecule has 0 bridgehead atoms. The fourth-order valence-electron chi connectivity index (χ4n) is 2.79. The zero-order valence-electron chi connectivity index (χ0n) is 13.8. The standard InChI is InChI=1S/C19H24N2O2/c1-14-12-21-17-11-15(7-8-19(17)23-14)9-10-20-13-16-5-3-4-6-18(16)22-2/h3-8,11,14,20-21H,9-10,12-13H2,1-2H3. The second-order valence-electron chi connectivity index (χ2n) is 5.88. The van der Waals surface area contributed by atoms with Gasteiger partial charge in [0.25, 0.3) is 0 Å². The average molecular weight is 312 g/mol. The molecule has 2 N–H and O–H groups in total. The Labute approximate surface area is 137 Å². The number of benzene rings is 2. The van der Waals surface area contributed by atoms with Gasteiger partial charge in [0.1, 0.15) is 17.6 Å². The van der Waals surface area contributed by atoms with Crippen molar-refractivity contribution in [2.75, 3.05) is 25.5 Å². The van der Waals surface area contributed by atoms with Gasteiger partial charge < -0.3 is 20.1 Å². The maximum absolute atomic E-state index is 5.80. The fraction of sp³-hybridized carbons (Fsp3) is 0.368. The summed E-state index contributed by atoms with van der Waals surface area (Å²) in [6, 6.07) is 14.5. The predicted molar refractivity (Wildman–Crippen MR) is 93.4 cm³/mol.